The van der Waals surface area contributed by atoms with Crippen LogP contribution in [-0.4, -0.2) is 64.9 Å². The molecule has 8 nitrogen and oxygen atoms in total. The molecule has 2 heterocycles. The molecule has 3 aromatic rings. The Bertz CT molecular complexity index is 1390. The molecule has 36 heavy (non-hydrogen) atoms. The molecule has 1 aliphatic rings. The van der Waals surface area contributed by atoms with Crippen LogP contribution in [0, 0.1) is 6.92 Å². The number of nitrogens with one attached hydrogen (secondary N) is 1. The second-order valence-corrected chi connectivity index (χ2v) is 11.5. The first-order valence-corrected chi connectivity index (χ1v) is 13.8. The van der Waals surface area contributed by atoms with Crippen molar-refractivity contribution in [3.05, 3.63) is 71.8 Å². The third-order valence-electron chi connectivity index (χ3n) is 6.69. The van der Waals surface area contributed by atoms with Gasteiger partial charge in [0.1, 0.15) is 0 Å². The van der Waals surface area contributed by atoms with E-state index in [-0.39, 0.29) is 34.9 Å². The number of aromatic nitrogens is 2. The number of hydrogen-bond acceptors (Lipinski definition) is 5. The molecule has 4 rings (SSSR count). The first-order valence-electron chi connectivity index (χ1n) is 11.8. The Morgan fingerprint density at radius 2 is 1.89 bits per heavy atom. The lowest BCUT2D eigenvalue weighted by molar-refractivity contribution is -0.134. The van der Waals surface area contributed by atoms with Gasteiger partial charge in [0, 0.05) is 36.3 Å². The smallest absolute Gasteiger partial charge is 0.246 e. The first-order chi connectivity index (χ1) is 17.2. The number of sulfone groups is 1. The predicted molar refractivity (Wildman–Crippen MR) is 139 cm³/mol. The number of hydrogen-bond donors (Lipinski definition) is 1. The Morgan fingerprint density at radius 1 is 1.19 bits per heavy atom. The minimum Gasteiger partial charge on any atom is -0.348 e. The Kier molecular flexibility index (Phi) is 7.80. The van der Waals surface area contributed by atoms with E-state index in [1.807, 2.05) is 6.92 Å². The van der Waals surface area contributed by atoms with E-state index in [0.717, 1.165) is 22.2 Å². The highest BCUT2D eigenvalue weighted by Crippen LogP contribution is 2.24. The van der Waals surface area contributed by atoms with Crippen molar-refractivity contribution in [1.29, 1.82) is 0 Å². The van der Waals surface area contributed by atoms with Crippen LogP contribution < -0.4 is 0 Å². The van der Waals surface area contributed by atoms with Gasteiger partial charge in [-0.3, -0.25) is 9.59 Å². The average molecular weight is 529 g/mol. The number of amides is 2. The second-order valence-electron chi connectivity index (χ2n) is 8.98. The van der Waals surface area contributed by atoms with Crippen LogP contribution in [0.4, 0.5) is 0 Å². The fourth-order valence-corrected chi connectivity index (χ4v) is 5.97. The lowest BCUT2D eigenvalue weighted by Gasteiger charge is -2.38. The van der Waals surface area contributed by atoms with Gasteiger partial charge < -0.3 is 14.8 Å². The zero-order valence-electron chi connectivity index (χ0n) is 20.1. The number of likely N-dealkylation sites (tertiary alicyclic amines) is 1. The summed E-state index contributed by atoms with van der Waals surface area (Å²) in [5.41, 5.74) is 1.70. The number of carbonyl (C=O) groups is 2. The highest BCUT2D eigenvalue weighted by atomic mass is 35.5. The number of rotatable bonds is 8. The monoisotopic (exact) mass is 528 g/mol. The molecule has 190 valence electrons. The van der Waals surface area contributed by atoms with Crippen LogP contribution in [-0.2, 0) is 26.0 Å². The van der Waals surface area contributed by atoms with Gasteiger partial charge in [0.15, 0.2) is 9.84 Å². The van der Waals surface area contributed by atoms with Gasteiger partial charge in [-0.15, -0.1) is 0 Å². The third kappa shape index (κ3) is 5.79. The zero-order valence-corrected chi connectivity index (χ0v) is 21.7. The normalized spacial score (nSPS) is 14.7. The van der Waals surface area contributed by atoms with Crippen molar-refractivity contribution in [2.24, 2.45) is 0 Å². The maximum absolute atomic E-state index is 12.9. The van der Waals surface area contributed by atoms with Crippen LogP contribution in [0.15, 0.2) is 60.3 Å². The molecular weight excluding hydrogens is 500 g/mol. The number of piperidine rings is 1. The second kappa shape index (κ2) is 10.8. The summed E-state index contributed by atoms with van der Waals surface area (Å²) >= 11 is 6.01. The molecule has 1 fully saturated rings. The summed E-state index contributed by atoms with van der Waals surface area (Å²) in [6.45, 7) is 6.81. The number of H-pyrrole nitrogens is 1. The van der Waals surface area contributed by atoms with Crippen LogP contribution in [0.5, 0.6) is 0 Å². The van der Waals surface area contributed by atoms with E-state index < -0.39 is 9.84 Å². The van der Waals surface area contributed by atoms with Crippen molar-refractivity contribution in [3.8, 4) is 0 Å². The number of fused-ring (bicyclic) bond motifs is 1. The van der Waals surface area contributed by atoms with E-state index in [1.54, 1.807) is 52.5 Å². The Labute approximate surface area is 215 Å². The molecule has 1 aliphatic heterocycles. The topological polar surface area (TPSA) is 103 Å². The molecule has 2 amide bonds. The highest BCUT2D eigenvalue weighted by molar-refractivity contribution is 7.91. The highest BCUT2D eigenvalue weighted by Gasteiger charge is 2.30. The summed E-state index contributed by atoms with van der Waals surface area (Å²) < 4.78 is 25.8. The standard InChI is InChI=1S/C26H29ClN4O4S/c1-3-25(32)31(16-24-18(2)28-17-29-24)22-8-11-30(12-9-22)26(33)10-13-36(34,35)23-7-5-19-14-21(27)6-4-20(19)15-23/h3-7,14-15,17,22H,1,8-13,16H2,2H3,(H,28,29). The van der Waals surface area contributed by atoms with Gasteiger partial charge in [-0.25, -0.2) is 13.4 Å². The average Bonchev–Trinajstić information content (AvgIpc) is 3.29. The number of nitrogens with zero attached hydrogens (tertiary/aromatic N) is 3. The van der Waals surface area contributed by atoms with Crippen LogP contribution in [0.2, 0.25) is 5.02 Å². The first kappa shape index (κ1) is 25.9. The van der Waals surface area contributed by atoms with Gasteiger partial charge in [-0.1, -0.05) is 30.3 Å². The summed E-state index contributed by atoms with van der Waals surface area (Å²) in [6.07, 6.45) is 4.02. The molecule has 1 saturated heterocycles. The minimum atomic E-state index is -3.62. The largest absolute Gasteiger partial charge is 0.348 e. The number of benzene rings is 2. The Hall–Kier alpha value is -3.17. The van der Waals surface area contributed by atoms with Gasteiger partial charge in [0.2, 0.25) is 11.8 Å². The van der Waals surface area contributed by atoms with E-state index in [0.29, 0.717) is 37.5 Å². The molecule has 0 bridgehead atoms. The quantitative estimate of drug-likeness (QED) is 0.447. The van der Waals surface area contributed by atoms with Crippen molar-refractivity contribution in [2.75, 3.05) is 18.8 Å². The minimum absolute atomic E-state index is 0.0505. The van der Waals surface area contributed by atoms with Gasteiger partial charge in [0.05, 0.1) is 29.2 Å². The lowest BCUT2D eigenvalue weighted by atomic mass is 10.0. The molecule has 1 aromatic heterocycles. The lowest BCUT2D eigenvalue weighted by Crippen LogP contribution is -2.48. The van der Waals surface area contributed by atoms with E-state index in [4.69, 9.17) is 11.6 Å². The Morgan fingerprint density at radius 3 is 2.56 bits per heavy atom. The van der Waals surface area contributed by atoms with Crippen LogP contribution in [0.1, 0.15) is 30.7 Å². The summed E-state index contributed by atoms with van der Waals surface area (Å²) in [5.74, 6) is -0.634. The number of halogens is 1. The number of aromatic amines is 1. The van der Waals surface area contributed by atoms with Crippen LogP contribution >= 0.6 is 11.6 Å². The predicted octanol–water partition coefficient (Wildman–Crippen LogP) is 3.89. The molecule has 0 spiro atoms. The van der Waals surface area contributed by atoms with Crippen LogP contribution in [0.3, 0.4) is 0 Å². The maximum Gasteiger partial charge on any atom is 0.246 e. The maximum atomic E-state index is 12.9. The van der Waals surface area contributed by atoms with Gasteiger partial charge >= 0.3 is 0 Å². The van der Waals surface area contributed by atoms with Crippen molar-refractivity contribution < 1.29 is 18.0 Å². The summed E-state index contributed by atoms with van der Waals surface area (Å²) in [5, 5.41) is 2.21. The molecule has 0 atom stereocenters. The van der Waals surface area contributed by atoms with Crippen molar-refractivity contribution in [3.63, 3.8) is 0 Å². The number of imidazole rings is 1. The summed E-state index contributed by atoms with van der Waals surface area (Å²) in [7, 11) is -3.62. The summed E-state index contributed by atoms with van der Waals surface area (Å²) in [6, 6.07) is 10.1. The van der Waals surface area contributed by atoms with E-state index in [2.05, 4.69) is 16.5 Å². The van der Waals surface area contributed by atoms with Crippen molar-refractivity contribution in [1.82, 2.24) is 19.8 Å². The van der Waals surface area contributed by atoms with Gasteiger partial charge in [-0.05, 0) is 60.9 Å². The SMILES string of the molecule is C=CC(=O)N(Cc1nc[nH]c1C)C1CCN(C(=O)CCS(=O)(=O)c2ccc3cc(Cl)ccc3c2)CC1. The molecule has 0 radical (unpaired) electrons. The van der Waals surface area contributed by atoms with E-state index in [9.17, 15) is 18.0 Å². The van der Waals surface area contributed by atoms with Crippen molar-refractivity contribution in [2.45, 2.75) is 43.7 Å². The third-order valence-corrected chi connectivity index (χ3v) is 8.64. The van der Waals surface area contributed by atoms with Crippen molar-refractivity contribution >= 4 is 44.0 Å². The molecule has 2 aromatic carbocycles. The molecule has 0 aliphatic carbocycles. The van der Waals surface area contributed by atoms with E-state index in [1.165, 1.54) is 6.08 Å². The fraction of sp³-hybridized carbons (Fsp3) is 0.346. The summed E-state index contributed by atoms with van der Waals surface area (Å²) in [4.78, 5) is 36.3. The molecule has 1 N–H and O–H groups in total. The molecule has 0 unspecified atom stereocenters. The zero-order chi connectivity index (χ0) is 25.9. The van der Waals surface area contributed by atoms with E-state index >= 15 is 0 Å². The number of carbonyl (C=O) groups excluding carboxylic acids is 2. The number of aryl methyl sites for hydroxylation is 1. The molecule has 10 heteroatoms. The fourth-order valence-electron chi connectivity index (χ4n) is 4.52. The van der Waals surface area contributed by atoms with Crippen LogP contribution in [0.25, 0.3) is 10.8 Å². The van der Waals surface area contributed by atoms with Gasteiger partial charge in [0.25, 0.3) is 0 Å². The van der Waals surface area contributed by atoms with Gasteiger partial charge in [-0.2, -0.15) is 0 Å². The molecule has 0 saturated carbocycles. The Balaban J connectivity index is 1.35. The molecular formula is C26H29ClN4O4S.